The van der Waals surface area contributed by atoms with E-state index in [1.165, 1.54) is 38.1 Å². The third-order valence-corrected chi connectivity index (χ3v) is 3.18. The van der Waals surface area contributed by atoms with Gasteiger partial charge >= 0.3 is 12.0 Å². The molecule has 0 atom stereocenters. The molecule has 1 fully saturated rings. The summed E-state index contributed by atoms with van der Waals surface area (Å²) in [6.07, 6.45) is 1.79. The van der Waals surface area contributed by atoms with Crippen LogP contribution in [-0.2, 0) is 14.3 Å². The summed E-state index contributed by atoms with van der Waals surface area (Å²) in [4.78, 5) is 34.9. The predicted molar refractivity (Wildman–Crippen MR) is 81.8 cm³/mol. The molecule has 0 bridgehead atoms. The summed E-state index contributed by atoms with van der Waals surface area (Å²) >= 11 is 0. The molecule has 1 aliphatic carbocycles. The molecular weight excluding hydrogens is 319 g/mol. The molecule has 2 rings (SSSR count). The Morgan fingerprint density at radius 1 is 1.21 bits per heavy atom. The SMILES string of the molecule is CC(C)(Oc1ccc(F)cc1)C(=O)OCC(=O)NC(=O)NC1CC1. The van der Waals surface area contributed by atoms with Gasteiger partial charge in [0.05, 0.1) is 0 Å². The fourth-order valence-corrected chi connectivity index (χ4v) is 1.76. The fraction of sp³-hybridized carbons (Fsp3) is 0.438. The Hall–Kier alpha value is -2.64. The van der Waals surface area contributed by atoms with E-state index < -0.39 is 35.9 Å². The van der Waals surface area contributed by atoms with Crippen molar-refractivity contribution < 1.29 is 28.2 Å². The summed E-state index contributed by atoms with van der Waals surface area (Å²) in [5.74, 6) is -1.67. The highest BCUT2D eigenvalue weighted by Crippen LogP contribution is 2.20. The molecular formula is C16H19FN2O5. The summed E-state index contributed by atoms with van der Waals surface area (Å²) in [5.41, 5.74) is -1.38. The minimum Gasteiger partial charge on any atom is -0.476 e. The highest BCUT2D eigenvalue weighted by atomic mass is 19.1. The topological polar surface area (TPSA) is 93.7 Å². The first-order valence-electron chi connectivity index (χ1n) is 7.48. The number of hydrogen-bond acceptors (Lipinski definition) is 5. The normalized spacial score (nSPS) is 13.8. The van der Waals surface area contributed by atoms with Crippen molar-refractivity contribution in [3.63, 3.8) is 0 Å². The van der Waals surface area contributed by atoms with Crippen LogP contribution in [0.25, 0.3) is 0 Å². The molecule has 3 amide bonds. The van der Waals surface area contributed by atoms with E-state index in [1.54, 1.807) is 0 Å². The van der Waals surface area contributed by atoms with Gasteiger partial charge in [0.1, 0.15) is 11.6 Å². The molecule has 7 nitrogen and oxygen atoms in total. The molecule has 2 N–H and O–H groups in total. The van der Waals surface area contributed by atoms with Crippen molar-refractivity contribution in [3.05, 3.63) is 30.1 Å². The molecule has 130 valence electrons. The third-order valence-electron chi connectivity index (χ3n) is 3.18. The molecule has 0 radical (unpaired) electrons. The number of benzene rings is 1. The van der Waals surface area contributed by atoms with Crippen LogP contribution in [0.3, 0.4) is 0 Å². The highest BCUT2D eigenvalue weighted by molar-refractivity contribution is 5.96. The maximum Gasteiger partial charge on any atom is 0.350 e. The molecule has 0 aromatic heterocycles. The predicted octanol–water partition coefficient (Wildman–Crippen LogP) is 1.51. The van der Waals surface area contributed by atoms with Gasteiger partial charge in [-0.05, 0) is 51.0 Å². The summed E-state index contributed by atoms with van der Waals surface area (Å²) in [6, 6.07) is 4.65. The van der Waals surface area contributed by atoms with Gasteiger partial charge in [-0.15, -0.1) is 0 Å². The van der Waals surface area contributed by atoms with Crippen molar-refractivity contribution in [2.24, 2.45) is 0 Å². The van der Waals surface area contributed by atoms with Crippen molar-refractivity contribution >= 4 is 17.9 Å². The summed E-state index contributed by atoms with van der Waals surface area (Å²) in [6.45, 7) is 2.31. The number of urea groups is 1. The van der Waals surface area contributed by atoms with Crippen LogP contribution >= 0.6 is 0 Å². The smallest absolute Gasteiger partial charge is 0.350 e. The lowest BCUT2D eigenvalue weighted by Crippen LogP contribution is -2.44. The third kappa shape index (κ3) is 5.53. The standard InChI is InChI=1S/C16H19FN2O5/c1-16(2,24-12-7-3-10(17)4-8-12)14(21)23-9-13(20)19-15(22)18-11-5-6-11/h3-4,7-8,11H,5-6,9H2,1-2H3,(H2,18,19,20,22). The lowest BCUT2D eigenvalue weighted by atomic mass is 10.1. The number of ether oxygens (including phenoxy) is 2. The van der Waals surface area contributed by atoms with E-state index >= 15 is 0 Å². The molecule has 24 heavy (non-hydrogen) atoms. The molecule has 0 spiro atoms. The maximum atomic E-state index is 12.9. The molecule has 1 aliphatic rings. The van der Waals surface area contributed by atoms with Gasteiger partial charge in [0.15, 0.2) is 12.2 Å². The Morgan fingerprint density at radius 3 is 2.42 bits per heavy atom. The van der Waals surface area contributed by atoms with Crippen LogP contribution in [0.2, 0.25) is 0 Å². The van der Waals surface area contributed by atoms with E-state index in [4.69, 9.17) is 9.47 Å². The van der Waals surface area contributed by atoms with Crippen molar-refractivity contribution in [1.29, 1.82) is 0 Å². The van der Waals surface area contributed by atoms with E-state index in [1.807, 2.05) is 0 Å². The summed E-state index contributed by atoms with van der Waals surface area (Å²) in [5, 5.41) is 4.64. The summed E-state index contributed by atoms with van der Waals surface area (Å²) < 4.78 is 23.1. The number of carbonyl (C=O) groups is 3. The Labute approximate surface area is 138 Å². The Morgan fingerprint density at radius 2 is 1.83 bits per heavy atom. The van der Waals surface area contributed by atoms with Crippen molar-refractivity contribution in [1.82, 2.24) is 10.6 Å². The zero-order valence-corrected chi connectivity index (χ0v) is 13.4. The second kappa shape index (κ2) is 7.29. The lowest BCUT2D eigenvalue weighted by Gasteiger charge is -2.24. The van der Waals surface area contributed by atoms with Gasteiger partial charge in [-0.2, -0.15) is 0 Å². The number of halogens is 1. The second-order valence-corrected chi connectivity index (χ2v) is 5.94. The van der Waals surface area contributed by atoms with Crippen molar-refractivity contribution in [2.45, 2.75) is 38.3 Å². The van der Waals surface area contributed by atoms with Crippen molar-refractivity contribution in [2.75, 3.05) is 6.61 Å². The molecule has 1 saturated carbocycles. The number of hydrogen-bond donors (Lipinski definition) is 2. The molecule has 1 aromatic rings. The first-order chi connectivity index (χ1) is 11.3. The monoisotopic (exact) mass is 338 g/mol. The largest absolute Gasteiger partial charge is 0.476 e. The highest BCUT2D eigenvalue weighted by Gasteiger charge is 2.32. The lowest BCUT2D eigenvalue weighted by molar-refractivity contribution is -0.161. The average molecular weight is 338 g/mol. The van der Waals surface area contributed by atoms with E-state index in [9.17, 15) is 18.8 Å². The van der Waals surface area contributed by atoms with E-state index in [0.717, 1.165) is 12.8 Å². The van der Waals surface area contributed by atoms with Gasteiger partial charge in [-0.1, -0.05) is 0 Å². The van der Waals surface area contributed by atoms with Crippen LogP contribution < -0.4 is 15.4 Å². The molecule has 0 unspecified atom stereocenters. The van der Waals surface area contributed by atoms with Gasteiger partial charge in [-0.25, -0.2) is 14.0 Å². The molecule has 0 saturated heterocycles. The van der Waals surface area contributed by atoms with Crippen LogP contribution in [0.5, 0.6) is 5.75 Å². The number of imide groups is 1. The summed E-state index contributed by atoms with van der Waals surface area (Å²) in [7, 11) is 0. The van der Waals surface area contributed by atoms with Crippen LogP contribution in [0, 0.1) is 5.82 Å². The molecule has 0 heterocycles. The molecule has 1 aromatic carbocycles. The van der Waals surface area contributed by atoms with Crippen LogP contribution in [0.1, 0.15) is 26.7 Å². The number of esters is 1. The van der Waals surface area contributed by atoms with E-state index in [0.29, 0.717) is 0 Å². The Kier molecular flexibility index (Phi) is 5.38. The fourth-order valence-electron chi connectivity index (χ4n) is 1.76. The zero-order valence-electron chi connectivity index (χ0n) is 13.4. The first-order valence-corrected chi connectivity index (χ1v) is 7.48. The average Bonchev–Trinajstić information content (AvgIpc) is 3.30. The van der Waals surface area contributed by atoms with Crippen molar-refractivity contribution in [3.8, 4) is 5.75 Å². The van der Waals surface area contributed by atoms with Crippen LogP contribution in [-0.4, -0.2) is 36.2 Å². The van der Waals surface area contributed by atoms with E-state index in [-0.39, 0.29) is 11.8 Å². The van der Waals surface area contributed by atoms with Gasteiger partial charge < -0.3 is 14.8 Å². The number of amides is 3. The van der Waals surface area contributed by atoms with Gasteiger partial charge in [0, 0.05) is 6.04 Å². The quantitative estimate of drug-likeness (QED) is 0.767. The molecule has 8 heteroatoms. The molecule has 0 aliphatic heterocycles. The first kappa shape index (κ1) is 17.7. The Balaban J connectivity index is 1.77. The number of nitrogens with one attached hydrogen (secondary N) is 2. The minimum absolute atomic E-state index is 0.114. The minimum atomic E-state index is -1.38. The maximum absolute atomic E-state index is 12.9. The zero-order chi connectivity index (χ0) is 17.7. The second-order valence-electron chi connectivity index (χ2n) is 5.94. The van der Waals surface area contributed by atoms with Gasteiger partial charge in [0.25, 0.3) is 5.91 Å². The van der Waals surface area contributed by atoms with Crippen LogP contribution in [0.4, 0.5) is 9.18 Å². The van der Waals surface area contributed by atoms with Gasteiger partial charge in [0.2, 0.25) is 0 Å². The van der Waals surface area contributed by atoms with Crippen LogP contribution in [0.15, 0.2) is 24.3 Å². The number of carbonyl (C=O) groups excluding carboxylic acids is 3. The van der Waals surface area contributed by atoms with Gasteiger partial charge in [-0.3, -0.25) is 10.1 Å². The van der Waals surface area contributed by atoms with E-state index in [2.05, 4.69) is 10.6 Å². The number of rotatable bonds is 6. The Bertz CT molecular complexity index is 626.